The van der Waals surface area contributed by atoms with Gasteiger partial charge in [0.2, 0.25) is 0 Å². The van der Waals surface area contributed by atoms with Gasteiger partial charge in [-0.05, 0) is 58.7 Å². The molecule has 2 saturated heterocycles. The molecule has 2 aliphatic heterocycles. The van der Waals surface area contributed by atoms with Gasteiger partial charge in [0.15, 0.2) is 0 Å². The quantitative estimate of drug-likeness (QED) is 0.812. The smallest absolute Gasteiger partial charge is 0.0641 e. The summed E-state index contributed by atoms with van der Waals surface area (Å²) >= 11 is 0. The van der Waals surface area contributed by atoms with Gasteiger partial charge in [0.1, 0.15) is 0 Å². The molecule has 0 saturated carbocycles. The summed E-state index contributed by atoms with van der Waals surface area (Å²) < 4.78 is 5.32. The number of piperidine rings is 1. The van der Waals surface area contributed by atoms with Crippen molar-refractivity contribution in [1.29, 1.82) is 0 Å². The highest BCUT2D eigenvalue weighted by atomic mass is 16.5. The van der Waals surface area contributed by atoms with Gasteiger partial charge in [0, 0.05) is 18.7 Å². The summed E-state index contributed by atoms with van der Waals surface area (Å²) in [6, 6.07) is 0.820. The van der Waals surface area contributed by atoms with Gasteiger partial charge in [0.05, 0.1) is 6.61 Å². The van der Waals surface area contributed by atoms with E-state index in [1.165, 1.54) is 45.2 Å². The van der Waals surface area contributed by atoms with Crippen LogP contribution in [0, 0.1) is 5.92 Å². The fourth-order valence-electron chi connectivity index (χ4n) is 3.59. The zero-order valence-electron chi connectivity index (χ0n) is 11.7. The molecule has 0 aromatic rings. The highest BCUT2D eigenvalue weighted by molar-refractivity contribution is 4.94. The zero-order valence-corrected chi connectivity index (χ0v) is 11.7. The molecule has 0 bridgehead atoms. The molecule has 0 aromatic carbocycles. The lowest BCUT2D eigenvalue weighted by Crippen LogP contribution is -2.40. The fraction of sp³-hybridized carbons (Fsp3) is 1.00. The van der Waals surface area contributed by atoms with Crippen LogP contribution in [-0.4, -0.2) is 50.3 Å². The summed E-state index contributed by atoms with van der Waals surface area (Å²) in [5.41, 5.74) is 0.215. The van der Waals surface area contributed by atoms with Gasteiger partial charge in [-0.2, -0.15) is 0 Å². The maximum absolute atomic E-state index is 5.32. The van der Waals surface area contributed by atoms with E-state index in [1.807, 2.05) is 0 Å². The Balaban J connectivity index is 1.80. The van der Waals surface area contributed by atoms with Crippen LogP contribution in [0.1, 0.15) is 39.0 Å². The molecule has 100 valence electrons. The van der Waals surface area contributed by atoms with Crippen LogP contribution < -0.4 is 5.32 Å². The summed E-state index contributed by atoms with van der Waals surface area (Å²) in [5, 5.41) is 3.64. The van der Waals surface area contributed by atoms with Gasteiger partial charge in [0.25, 0.3) is 0 Å². The molecule has 3 nitrogen and oxygen atoms in total. The van der Waals surface area contributed by atoms with Crippen molar-refractivity contribution >= 4 is 0 Å². The van der Waals surface area contributed by atoms with Crippen molar-refractivity contribution in [2.45, 2.75) is 50.6 Å². The molecule has 3 unspecified atom stereocenters. The number of ether oxygens (including phenoxy) is 1. The van der Waals surface area contributed by atoms with Crippen molar-refractivity contribution in [1.82, 2.24) is 10.2 Å². The maximum Gasteiger partial charge on any atom is 0.0641 e. The number of hydrogen-bond acceptors (Lipinski definition) is 3. The van der Waals surface area contributed by atoms with E-state index < -0.39 is 0 Å². The third-order valence-corrected chi connectivity index (χ3v) is 4.55. The predicted octanol–water partition coefficient (Wildman–Crippen LogP) is 1.88. The van der Waals surface area contributed by atoms with Crippen LogP contribution in [0.15, 0.2) is 0 Å². The van der Waals surface area contributed by atoms with E-state index in [0.717, 1.165) is 18.6 Å². The minimum Gasteiger partial charge on any atom is -0.383 e. The van der Waals surface area contributed by atoms with E-state index >= 15 is 0 Å². The first-order chi connectivity index (χ1) is 8.13. The minimum absolute atomic E-state index is 0.215. The number of likely N-dealkylation sites (tertiary alicyclic amines) is 1. The number of nitrogens with zero attached hydrogens (tertiary/aromatic N) is 1. The summed E-state index contributed by atoms with van der Waals surface area (Å²) in [6.45, 7) is 5.59. The molecule has 3 atom stereocenters. The Morgan fingerprint density at radius 3 is 2.94 bits per heavy atom. The molecule has 3 heteroatoms. The van der Waals surface area contributed by atoms with Gasteiger partial charge in [-0.25, -0.2) is 0 Å². The van der Waals surface area contributed by atoms with E-state index in [9.17, 15) is 0 Å². The molecule has 0 spiro atoms. The van der Waals surface area contributed by atoms with Gasteiger partial charge in [-0.15, -0.1) is 0 Å². The Hall–Kier alpha value is -0.120. The molecule has 0 aliphatic carbocycles. The van der Waals surface area contributed by atoms with Crippen molar-refractivity contribution in [2.75, 3.05) is 33.9 Å². The largest absolute Gasteiger partial charge is 0.383 e. The molecule has 2 aliphatic rings. The molecule has 2 fully saturated rings. The Morgan fingerprint density at radius 2 is 2.24 bits per heavy atom. The number of nitrogens with one attached hydrogen (secondary N) is 1. The van der Waals surface area contributed by atoms with E-state index in [4.69, 9.17) is 4.74 Å². The van der Waals surface area contributed by atoms with Crippen LogP contribution in [0.25, 0.3) is 0 Å². The van der Waals surface area contributed by atoms with E-state index in [0.29, 0.717) is 0 Å². The van der Waals surface area contributed by atoms with Crippen molar-refractivity contribution < 1.29 is 4.74 Å². The van der Waals surface area contributed by atoms with Crippen LogP contribution >= 0.6 is 0 Å². The molecule has 2 heterocycles. The lowest BCUT2D eigenvalue weighted by molar-refractivity contribution is 0.123. The van der Waals surface area contributed by atoms with Crippen molar-refractivity contribution in [3.63, 3.8) is 0 Å². The molecule has 1 N–H and O–H groups in total. The van der Waals surface area contributed by atoms with Crippen molar-refractivity contribution in [3.8, 4) is 0 Å². The monoisotopic (exact) mass is 240 g/mol. The highest BCUT2D eigenvalue weighted by Crippen LogP contribution is 2.30. The first kappa shape index (κ1) is 13.3. The van der Waals surface area contributed by atoms with Crippen LogP contribution in [0.3, 0.4) is 0 Å². The van der Waals surface area contributed by atoms with Gasteiger partial charge >= 0.3 is 0 Å². The topological polar surface area (TPSA) is 24.5 Å². The zero-order chi connectivity index (χ0) is 12.3. The van der Waals surface area contributed by atoms with Gasteiger partial charge in [-0.1, -0.05) is 6.42 Å². The molecular weight excluding hydrogens is 212 g/mol. The van der Waals surface area contributed by atoms with Crippen LogP contribution in [-0.2, 0) is 4.74 Å². The van der Waals surface area contributed by atoms with E-state index in [2.05, 4.69) is 24.2 Å². The molecule has 0 amide bonds. The molecule has 0 aromatic heterocycles. The third kappa shape index (κ3) is 3.43. The summed E-state index contributed by atoms with van der Waals surface area (Å²) in [4.78, 5) is 2.56. The highest BCUT2D eigenvalue weighted by Gasteiger charge is 2.36. The lowest BCUT2D eigenvalue weighted by Gasteiger charge is -2.34. The molecule has 0 radical (unpaired) electrons. The average Bonchev–Trinajstić information content (AvgIpc) is 2.64. The van der Waals surface area contributed by atoms with E-state index in [-0.39, 0.29) is 5.54 Å². The first-order valence-electron chi connectivity index (χ1n) is 7.07. The molecular formula is C14H28N2O. The maximum atomic E-state index is 5.32. The summed E-state index contributed by atoms with van der Waals surface area (Å²) in [6.07, 6.45) is 6.84. The standard InChI is InChI=1S/C14H28N2O/c1-14(11-17-3)9-12(10-15-14)8-13-6-4-5-7-16(13)2/h12-13,15H,4-11H2,1-3H3. The summed E-state index contributed by atoms with van der Waals surface area (Å²) in [7, 11) is 4.09. The predicted molar refractivity (Wildman–Crippen MR) is 71.3 cm³/mol. The SMILES string of the molecule is COCC1(C)CC(CC2CCCCN2C)CN1. The Labute approximate surface area is 106 Å². The first-order valence-corrected chi connectivity index (χ1v) is 7.07. The second kappa shape index (κ2) is 5.68. The number of rotatable bonds is 4. The molecule has 2 rings (SSSR count). The normalized spacial score (nSPS) is 39.7. The number of methoxy groups -OCH3 is 1. The van der Waals surface area contributed by atoms with E-state index in [1.54, 1.807) is 7.11 Å². The minimum atomic E-state index is 0.215. The second-order valence-corrected chi connectivity index (χ2v) is 6.31. The fourth-order valence-corrected chi connectivity index (χ4v) is 3.59. The van der Waals surface area contributed by atoms with Crippen molar-refractivity contribution in [3.05, 3.63) is 0 Å². The molecule has 17 heavy (non-hydrogen) atoms. The Morgan fingerprint density at radius 1 is 1.41 bits per heavy atom. The second-order valence-electron chi connectivity index (χ2n) is 6.31. The van der Waals surface area contributed by atoms with Crippen LogP contribution in [0.4, 0.5) is 0 Å². The van der Waals surface area contributed by atoms with Gasteiger partial charge in [-0.3, -0.25) is 0 Å². The van der Waals surface area contributed by atoms with Crippen LogP contribution in [0.2, 0.25) is 0 Å². The van der Waals surface area contributed by atoms with Crippen LogP contribution in [0.5, 0.6) is 0 Å². The summed E-state index contributed by atoms with van der Waals surface area (Å²) in [5.74, 6) is 0.834. The van der Waals surface area contributed by atoms with Crippen molar-refractivity contribution in [2.24, 2.45) is 5.92 Å². The Bertz CT molecular complexity index is 246. The lowest BCUT2D eigenvalue weighted by atomic mass is 9.88. The Kier molecular flexibility index (Phi) is 4.45. The third-order valence-electron chi connectivity index (χ3n) is 4.55. The average molecular weight is 240 g/mol. The van der Waals surface area contributed by atoms with Gasteiger partial charge < -0.3 is 15.0 Å². The number of hydrogen-bond donors (Lipinski definition) is 1.